The summed E-state index contributed by atoms with van der Waals surface area (Å²) in [4.78, 5) is 12.5. The molecule has 2 aromatic rings. The zero-order valence-corrected chi connectivity index (χ0v) is 11.8. The minimum atomic E-state index is 0.0482. The molecule has 3 nitrogen and oxygen atoms in total. The number of aromatic nitrogens is 1. The number of pyridine rings is 1. The molecule has 1 aromatic carbocycles. The molecule has 0 unspecified atom stereocenters. The lowest BCUT2D eigenvalue weighted by atomic mass is 10.0. The van der Waals surface area contributed by atoms with Crippen LogP contribution in [-0.4, -0.2) is 4.57 Å². The van der Waals surface area contributed by atoms with Crippen LogP contribution >= 0.6 is 0 Å². The molecule has 0 aliphatic heterocycles. The van der Waals surface area contributed by atoms with Gasteiger partial charge < -0.3 is 5.73 Å². The van der Waals surface area contributed by atoms with Crippen molar-refractivity contribution in [2.24, 2.45) is 5.92 Å². The first-order valence-corrected chi connectivity index (χ1v) is 7.64. The van der Waals surface area contributed by atoms with Gasteiger partial charge in [0.1, 0.15) is 5.82 Å². The molecule has 1 heterocycles. The number of anilines is 1. The van der Waals surface area contributed by atoms with E-state index in [1.807, 2.05) is 30.3 Å². The topological polar surface area (TPSA) is 48.0 Å². The molecule has 0 bridgehead atoms. The van der Waals surface area contributed by atoms with Gasteiger partial charge in [-0.2, -0.15) is 0 Å². The van der Waals surface area contributed by atoms with Crippen molar-refractivity contribution in [3.8, 4) is 0 Å². The third-order valence-electron chi connectivity index (χ3n) is 4.52. The number of benzene rings is 1. The Labute approximate surface area is 119 Å². The van der Waals surface area contributed by atoms with Gasteiger partial charge >= 0.3 is 0 Å². The first-order chi connectivity index (χ1) is 9.75. The average Bonchev–Trinajstić information content (AvgIpc) is 2.96. The van der Waals surface area contributed by atoms with Crippen LogP contribution in [-0.2, 0) is 6.54 Å². The third kappa shape index (κ3) is 2.58. The molecule has 0 saturated heterocycles. The quantitative estimate of drug-likeness (QED) is 0.923. The second kappa shape index (κ2) is 5.70. The lowest BCUT2D eigenvalue weighted by Gasteiger charge is -2.13. The molecule has 3 rings (SSSR count). The van der Waals surface area contributed by atoms with E-state index in [1.165, 1.54) is 32.1 Å². The number of rotatable bonds is 4. The summed E-state index contributed by atoms with van der Waals surface area (Å²) in [6.07, 6.45) is 7.75. The molecule has 1 fully saturated rings. The molecule has 2 N–H and O–H groups in total. The Kier molecular flexibility index (Phi) is 3.77. The molecule has 20 heavy (non-hydrogen) atoms. The number of nitrogens with zero attached hydrogens (tertiary/aromatic N) is 1. The molecule has 0 spiro atoms. The van der Waals surface area contributed by atoms with E-state index in [-0.39, 0.29) is 5.56 Å². The Hall–Kier alpha value is -1.77. The summed E-state index contributed by atoms with van der Waals surface area (Å²) < 4.78 is 1.73. The Balaban J connectivity index is 1.78. The zero-order valence-electron chi connectivity index (χ0n) is 11.8. The summed E-state index contributed by atoms with van der Waals surface area (Å²) in [7, 11) is 0. The van der Waals surface area contributed by atoms with Crippen molar-refractivity contribution in [2.45, 2.75) is 45.1 Å². The van der Waals surface area contributed by atoms with Gasteiger partial charge in [-0.25, -0.2) is 0 Å². The highest BCUT2D eigenvalue weighted by molar-refractivity contribution is 5.83. The minimum absolute atomic E-state index is 0.0482. The highest BCUT2D eigenvalue weighted by Crippen LogP contribution is 2.28. The maximum atomic E-state index is 12.5. The van der Waals surface area contributed by atoms with Crippen molar-refractivity contribution in [1.29, 1.82) is 0 Å². The van der Waals surface area contributed by atoms with Gasteiger partial charge in [0.15, 0.2) is 0 Å². The van der Waals surface area contributed by atoms with Crippen LogP contribution in [0.4, 0.5) is 5.82 Å². The molecule has 1 aliphatic carbocycles. The Morgan fingerprint density at radius 3 is 2.75 bits per heavy atom. The summed E-state index contributed by atoms with van der Waals surface area (Å²) in [5.74, 6) is 1.45. The predicted octanol–water partition coefficient (Wildman–Crippen LogP) is 3.55. The van der Waals surface area contributed by atoms with Gasteiger partial charge in [-0.05, 0) is 36.3 Å². The fraction of sp³-hybridized carbons (Fsp3) is 0.471. The van der Waals surface area contributed by atoms with Crippen LogP contribution in [0.25, 0.3) is 10.8 Å². The summed E-state index contributed by atoms with van der Waals surface area (Å²) in [5.41, 5.74) is 6.09. The normalized spacial score (nSPS) is 16.0. The molecular weight excluding hydrogens is 248 g/mol. The Morgan fingerprint density at radius 2 is 1.95 bits per heavy atom. The summed E-state index contributed by atoms with van der Waals surface area (Å²) in [6.45, 7) is 0.742. The zero-order chi connectivity index (χ0) is 13.9. The fourth-order valence-electron chi connectivity index (χ4n) is 3.39. The van der Waals surface area contributed by atoms with E-state index in [4.69, 9.17) is 5.73 Å². The van der Waals surface area contributed by atoms with Crippen LogP contribution in [0.3, 0.4) is 0 Å². The molecule has 106 valence electrons. The summed E-state index contributed by atoms with van der Waals surface area (Å²) in [6, 6.07) is 9.57. The molecular formula is C17H22N2O. The maximum absolute atomic E-state index is 12.5. The maximum Gasteiger partial charge on any atom is 0.259 e. The lowest BCUT2D eigenvalue weighted by Crippen LogP contribution is -2.23. The van der Waals surface area contributed by atoms with E-state index in [0.29, 0.717) is 5.82 Å². The first kappa shape index (κ1) is 13.2. The van der Waals surface area contributed by atoms with Crippen molar-refractivity contribution in [1.82, 2.24) is 4.57 Å². The number of fused-ring (bicyclic) bond motifs is 1. The van der Waals surface area contributed by atoms with Gasteiger partial charge in [0.05, 0.1) is 0 Å². The largest absolute Gasteiger partial charge is 0.385 e. The smallest absolute Gasteiger partial charge is 0.259 e. The van der Waals surface area contributed by atoms with E-state index in [0.717, 1.165) is 29.7 Å². The molecule has 1 saturated carbocycles. The summed E-state index contributed by atoms with van der Waals surface area (Å²) in [5, 5.41) is 1.70. The number of hydrogen-bond donors (Lipinski definition) is 1. The minimum Gasteiger partial charge on any atom is -0.385 e. The van der Waals surface area contributed by atoms with Gasteiger partial charge in [-0.1, -0.05) is 43.9 Å². The molecule has 0 radical (unpaired) electrons. The summed E-state index contributed by atoms with van der Waals surface area (Å²) >= 11 is 0. The van der Waals surface area contributed by atoms with E-state index < -0.39 is 0 Å². The highest BCUT2D eigenvalue weighted by Gasteiger charge is 2.14. The molecule has 1 aromatic heterocycles. The van der Waals surface area contributed by atoms with Gasteiger partial charge in [-0.15, -0.1) is 0 Å². The van der Waals surface area contributed by atoms with Crippen molar-refractivity contribution in [3.05, 3.63) is 40.7 Å². The van der Waals surface area contributed by atoms with Crippen LogP contribution in [0.1, 0.15) is 38.5 Å². The van der Waals surface area contributed by atoms with Crippen LogP contribution in [0.2, 0.25) is 0 Å². The second-order valence-corrected chi connectivity index (χ2v) is 5.91. The Bertz CT molecular complexity index is 654. The molecule has 0 atom stereocenters. The van der Waals surface area contributed by atoms with Crippen LogP contribution in [0.5, 0.6) is 0 Å². The van der Waals surface area contributed by atoms with Crippen molar-refractivity contribution in [3.63, 3.8) is 0 Å². The number of hydrogen-bond acceptors (Lipinski definition) is 2. The van der Waals surface area contributed by atoms with Crippen LogP contribution in [0.15, 0.2) is 35.1 Å². The molecule has 0 amide bonds. The van der Waals surface area contributed by atoms with Gasteiger partial charge in [-0.3, -0.25) is 9.36 Å². The number of nitrogen functional groups attached to an aromatic ring is 1. The van der Waals surface area contributed by atoms with Gasteiger partial charge in [0, 0.05) is 11.9 Å². The first-order valence-electron chi connectivity index (χ1n) is 7.64. The predicted molar refractivity (Wildman–Crippen MR) is 83.8 cm³/mol. The second-order valence-electron chi connectivity index (χ2n) is 5.91. The van der Waals surface area contributed by atoms with Gasteiger partial charge in [0.25, 0.3) is 5.56 Å². The van der Waals surface area contributed by atoms with E-state index in [1.54, 1.807) is 4.57 Å². The SMILES string of the molecule is Nc1cc2ccccc2c(=O)n1CCCC1CCCC1. The standard InChI is InChI=1S/C17H22N2O/c18-16-12-14-9-3-4-10-15(14)17(20)19(16)11-5-8-13-6-1-2-7-13/h3-4,9-10,12-13H,1-2,5-8,11,18H2. The third-order valence-corrected chi connectivity index (χ3v) is 4.52. The monoisotopic (exact) mass is 270 g/mol. The lowest BCUT2D eigenvalue weighted by molar-refractivity contribution is 0.457. The highest BCUT2D eigenvalue weighted by atomic mass is 16.1. The van der Waals surface area contributed by atoms with E-state index >= 15 is 0 Å². The van der Waals surface area contributed by atoms with E-state index in [9.17, 15) is 4.79 Å². The molecule has 1 aliphatic rings. The fourth-order valence-corrected chi connectivity index (χ4v) is 3.39. The Morgan fingerprint density at radius 1 is 1.20 bits per heavy atom. The van der Waals surface area contributed by atoms with E-state index in [2.05, 4.69) is 0 Å². The van der Waals surface area contributed by atoms with Crippen molar-refractivity contribution >= 4 is 16.6 Å². The van der Waals surface area contributed by atoms with Crippen molar-refractivity contribution < 1.29 is 0 Å². The van der Waals surface area contributed by atoms with Crippen LogP contribution < -0.4 is 11.3 Å². The number of nitrogens with two attached hydrogens (primary N) is 1. The van der Waals surface area contributed by atoms with Crippen molar-refractivity contribution in [2.75, 3.05) is 5.73 Å². The van der Waals surface area contributed by atoms with Gasteiger partial charge in [0.2, 0.25) is 0 Å². The average molecular weight is 270 g/mol. The van der Waals surface area contributed by atoms with Crippen LogP contribution in [0, 0.1) is 5.92 Å². The molecule has 3 heteroatoms.